The average molecular weight is 637 g/mol. The molecule has 3 spiro atoms. The summed E-state index contributed by atoms with van der Waals surface area (Å²) in [6.45, 7) is 26.5. The van der Waals surface area contributed by atoms with Crippen LogP contribution in [0.15, 0.2) is 0 Å². The molecule has 4 heteroatoms. The zero-order valence-corrected chi connectivity index (χ0v) is 31.5. The molecule has 0 aromatic carbocycles. The fourth-order valence-electron chi connectivity index (χ4n) is 13.3. The lowest BCUT2D eigenvalue weighted by molar-refractivity contribution is -0.165. The second-order valence-electron chi connectivity index (χ2n) is 21.1. The van der Waals surface area contributed by atoms with Gasteiger partial charge < -0.3 is 21.3 Å². The Morgan fingerprint density at radius 1 is 0.478 bits per heavy atom. The van der Waals surface area contributed by atoms with E-state index in [9.17, 15) is 0 Å². The topological polar surface area (TPSA) is 48.1 Å². The molecule has 4 saturated heterocycles. The minimum atomic E-state index is 0.417. The molecule has 4 nitrogen and oxygen atoms in total. The van der Waals surface area contributed by atoms with Gasteiger partial charge in [-0.25, -0.2) is 0 Å². The van der Waals surface area contributed by atoms with Crippen molar-refractivity contribution in [2.24, 2.45) is 61.6 Å². The third kappa shape index (κ3) is 6.21. The highest BCUT2D eigenvalue weighted by molar-refractivity contribution is 5.12. The Labute approximate surface area is 285 Å². The van der Waals surface area contributed by atoms with Crippen LogP contribution in [0.4, 0.5) is 0 Å². The van der Waals surface area contributed by atoms with Crippen molar-refractivity contribution < 1.29 is 0 Å². The third-order valence-electron chi connectivity index (χ3n) is 18.0. The predicted molar refractivity (Wildman–Crippen MR) is 195 cm³/mol. The van der Waals surface area contributed by atoms with Crippen molar-refractivity contribution in [3.63, 3.8) is 0 Å². The molecule has 0 amide bonds. The molecule has 46 heavy (non-hydrogen) atoms. The van der Waals surface area contributed by atoms with E-state index in [1.807, 2.05) is 0 Å². The van der Waals surface area contributed by atoms with Crippen molar-refractivity contribution >= 4 is 0 Å². The first-order chi connectivity index (χ1) is 21.8. The van der Waals surface area contributed by atoms with Crippen LogP contribution >= 0.6 is 0 Å². The minimum Gasteiger partial charge on any atom is -0.317 e. The van der Waals surface area contributed by atoms with E-state index in [0.29, 0.717) is 37.9 Å². The molecule has 7 fully saturated rings. The summed E-state index contributed by atoms with van der Waals surface area (Å²) in [5.74, 6) is 3.65. The van der Waals surface area contributed by atoms with Crippen molar-refractivity contribution in [2.75, 3.05) is 52.4 Å². The van der Waals surface area contributed by atoms with Crippen LogP contribution in [0.1, 0.15) is 151 Å². The van der Waals surface area contributed by atoms with E-state index >= 15 is 0 Å². The van der Waals surface area contributed by atoms with Crippen molar-refractivity contribution in [3.8, 4) is 0 Å². The quantitative estimate of drug-likeness (QED) is 0.184. The van der Waals surface area contributed by atoms with Gasteiger partial charge in [0.1, 0.15) is 0 Å². The van der Waals surface area contributed by atoms with Crippen LogP contribution in [0.3, 0.4) is 0 Å². The van der Waals surface area contributed by atoms with Crippen LogP contribution in [0.5, 0.6) is 0 Å². The summed E-state index contributed by atoms with van der Waals surface area (Å²) < 4.78 is 0. The smallest absolute Gasteiger partial charge is 0.000850 e. The van der Waals surface area contributed by atoms with E-state index in [1.54, 1.807) is 0 Å². The zero-order chi connectivity index (χ0) is 32.3. The largest absolute Gasteiger partial charge is 0.317 e. The Morgan fingerprint density at radius 3 is 1.63 bits per heavy atom. The summed E-state index contributed by atoms with van der Waals surface area (Å²) in [5.41, 5.74) is 3.75. The maximum absolute atomic E-state index is 3.80. The Balaban J connectivity index is 1.10. The van der Waals surface area contributed by atoms with Gasteiger partial charge in [-0.3, -0.25) is 0 Å². The summed E-state index contributed by atoms with van der Waals surface area (Å²) >= 11 is 0. The number of hydrogen-bond acceptors (Lipinski definition) is 4. The molecule has 7 aliphatic rings. The Hall–Kier alpha value is -0.160. The van der Waals surface area contributed by atoms with Crippen molar-refractivity contribution in [2.45, 2.75) is 151 Å². The second-order valence-corrected chi connectivity index (χ2v) is 21.1. The third-order valence-corrected chi connectivity index (χ3v) is 18.0. The van der Waals surface area contributed by atoms with Gasteiger partial charge >= 0.3 is 0 Å². The van der Waals surface area contributed by atoms with Gasteiger partial charge in [-0.15, -0.1) is 0 Å². The van der Waals surface area contributed by atoms with E-state index < -0.39 is 0 Å². The lowest BCUT2D eigenvalue weighted by Crippen LogP contribution is -2.60. The number of hydrogen-bond donors (Lipinski definition) is 4. The molecule has 3 saturated carbocycles. The molecule has 0 bridgehead atoms. The van der Waals surface area contributed by atoms with E-state index in [1.165, 1.54) is 162 Å². The molecule has 4 N–H and O–H groups in total. The Kier molecular flexibility index (Phi) is 9.36. The van der Waals surface area contributed by atoms with Crippen LogP contribution in [-0.2, 0) is 0 Å². The number of nitrogens with one attached hydrogen (secondary N) is 4. The molecule has 3 aliphatic carbocycles. The number of piperidine rings is 3. The Bertz CT molecular complexity index is 1020. The summed E-state index contributed by atoms with van der Waals surface area (Å²) in [7, 11) is 0. The molecule has 264 valence electrons. The molecule has 4 heterocycles. The van der Waals surface area contributed by atoms with Crippen molar-refractivity contribution in [1.29, 1.82) is 0 Å². The first-order valence-electron chi connectivity index (χ1n) is 20.7. The van der Waals surface area contributed by atoms with E-state index in [0.717, 1.165) is 23.7 Å². The van der Waals surface area contributed by atoms with Gasteiger partial charge in [0, 0.05) is 13.1 Å². The predicted octanol–water partition coefficient (Wildman–Crippen LogP) is 8.56. The Morgan fingerprint density at radius 2 is 1.00 bits per heavy atom. The van der Waals surface area contributed by atoms with Gasteiger partial charge in [-0.2, -0.15) is 0 Å². The van der Waals surface area contributed by atoms with Crippen LogP contribution in [0.2, 0.25) is 0 Å². The highest BCUT2D eigenvalue weighted by atomic mass is 14.9. The molecule has 0 radical (unpaired) electrons. The summed E-state index contributed by atoms with van der Waals surface area (Å²) in [6.07, 6.45) is 24.8. The molecular formula is C42H76N4. The van der Waals surface area contributed by atoms with Gasteiger partial charge in [0.2, 0.25) is 0 Å². The highest BCUT2D eigenvalue weighted by Gasteiger charge is 2.62. The zero-order valence-electron chi connectivity index (χ0n) is 31.5. The maximum Gasteiger partial charge on any atom is 0.000850 e. The van der Waals surface area contributed by atoms with Gasteiger partial charge in [0.25, 0.3) is 0 Å². The molecule has 2 atom stereocenters. The van der Waals surface area contributed by atoms with E-state index in [-0.39, 0.29) is 0 Å². The molecule has 4 aliphatic heterocycles. The van der Waals surface area contributed by atoms with Crippen LogP contribution < -0.4 is 21.3 Å². The first-order valence-corrected chi connectivity index (χ1v) is 20.7. The fraction of sp³-hybridized carbons (Fsp3) is 1.00. The van der Waals surface area contributed by atoms with Crippen LogP contribution in [-0.4, -0.2) is 52.4 Å². The molecule has 0 aromatic rings. The normalized spacial score (nSPS) is 34.0. The summed E-state index contributed by atoms with van der Waals surface area (Å²) in [4.78, 5) is 0. The van der Waals surface area contributed by atoms with Gasteiger partial charge in [0.15, 0.2) is 0 Å². The molecule has 2 unspecified atom stereocenters. The maximum atomic E-state index is 3.80. The van der Waals surface area contributed by atoms with E-state index in [4.69, 9.17) is 0 Å². The average Bonchev–Trinajstić information content (AvgIpc) is 3.52. The number of rotatable bonds is 11. The second kappa shape index (κ2) is 12.6. The van der Waals surface area contributed by atoms with Crippen LogP contribution in [0.25, 0.3) is 0 Å². The standard InChI is InChI=1S/C42H76N4/c1-36(2,32-8-19-43-20-9-32)11-12-38(5,34-26-42(27-34)17-23-46-31-42)13-14-39(6,35-28-40(29-35)15-21-44-22-16-40)37(3,4)33-24-41(25-33)10-7-18-45-30-41/h32-35,43-46H,7-31H2,1-6H3. The van der Waals surface area contributed by atoms with Gasteiger partial charge in [-0.05, 0) is 210 Å². The summed E-state index contributed by atoms with van der Waals surface area (Å²) in [5, 5.41) is 14.9. The van der Waals surface area contributed by atoms with Crippen molar-refractivity contribution in [1.82, 2.24) is 21.3 Å². The van der Waals surface area contributed by atoms with Crippen molar-refractivity contribution in [3.05, 3.63) is 0 Å². The first kappa shape index (κ1) is 34.3. The lowest BCUT2D eigenvalue weighted by atomic mass is 9.39. The van der Waals surface area contributed by atoms with Gasteiger partial charge in [-0.1, -0.05) is 41.5 Å². The lowest BCUT2D eigenvalue weighted by Gasteiger charge is -2.66. The van der Waals surface area contributed by atoms with E-state index in [2.05, 4.69) is 62.8 Å². The monoisotopic (exact) mass is 637 g/mol. The molecule has 0 aromatic heterocycles. The minimum absolute atomic E-state index is 0.417. The highest BCUT2D eigenvalue weighted by Crippen LogP contribution is 2.70. The van der Waals surface area contributed by atoms with Gasteiger partial charge in [0.05, 0.1) is 0 Å². The van der Waals surface area contributed by atoms with Crippen LogP contribution in [0, 0.1) is 61.6 Å². The molecule has 7 rings (SSSR count). The summed E-state index contributed by atoms with van der Waals surface area (Å²) in [6, 6.07) is 0. The molecular weight excluding hydrogens is 560 g/mol. The SMILES string of the molecule is CC(C)(CCC(C)(CCC(C)(C1CC2(CCNCC2)C1)C(C)(C)C1CC2(CCCNC2)C1)C1CC2(CCNC2)C1)C1CCNCC1. The fourth-order valence-corrected chi connectivity index (χ4v) is 13.3.